The second-order valence-electron chi connectivity index (χ2n) is 6.87. The summed E-state index contributed by atoms with van der Waals surface area (Å²) in [5, 5.41) is 7.79. The summed E-state index contributed by atoms with van der Waals surface area (Å²) >= 11 is 1.40. The molecule has 1 N–H and O–H groups in total. The first kappa shape index (κ1) is 17.0. The summed E-state index contributed by atoms with van der Waals surface area (Å²) in [7, 11) is 0. The Morgan fingerprint density at radius 2 is 1.92 bits per heavy atom. The number of piperidine rings is 1. The first-order valence-electron chi connectivity index (χ1n) is 8.41. The molecule has 3 rings (SSSR count). The van der Waals surface area contributed by atoms with Crippen LogP contribution in [0.1, 0.15) is 25.8 Å². The van der Waals surface area contributed by atoms with Gasteiger partial charge in [0.1, 0.15) is 0 Å². The number of hydrogen-bond acceptors (Lipinski definition) is 4. The van der Waals surface area contributed by atoms with E-state index >= 15 is 0 Å². The molecule has 0 saturated carbocycles. The molecular weight excluding hydrogens is 320 g/mol. The van der Waals surface area contributed by atoms with Gasteiger partial charge in [0, 0.05) is 18.7 Å². The molecular formula is C18H24N4OS. The van der Waals surface area contributed by atoms with E-state index in [0.29, 0.717) is 22.7 Å². The van der Waals surface area contributed by atoms with Gasteiger partial charge < -0.3 is 4.90 Å². The second-order valence-corrected chi connectivity index (χ2v) is 7.81. The number of thioether (sulfide) groups is 1. The number of carbonyl (C=O) groups excluding carboxylic acids is 1. The number of nitrogens with one attached hydrogen (secondary N) is 1. The molecule has 5 nitrogen and oxygen atoms in total. The van der Waals surface area contributed by atoms with Gasteiger partial charge in [0.05, 0.1) is 5.75 Å². The van der Waals surface area contributed by atoms with Gasteiger partial charge in [0.25, 0.3) is 0 Å². The maximum absolute atomic E-state index is 12.4. The Labute approximate surface area is 147 Å². The van der Waals surface area contributed by atoms with Crippen LogP contribution in [0.5, 0.6) is 0 Å². The van der Waals surface area contributed by atoms with E-state index in [9.17, 15) is 4.79 Å². The monoisotopic (exact) mass is 344 g/mol. The number of nitrogens with zero attached hydrogens (tertiary/aromatic N) is 3. The highest BCUT2D eigenvalue weighted by atomic mass is 32.2. The summed E-state index contributed by atoms with van der Waals surface area (Å²) in [6, 6.07) is 8.14. The van der Waals surface area contributed by atoms with Crippen LogP contribution in [0.15, 0.2) is 29.4 Å². The lowest BCUT2D eigenvalue weighted by molar-refractivity contribution is -0.130. The van der Waals surface area contributed by atoms with Gasteiger partial charge in [0.15, 0.2) is 5.82 Å². The lowest BCUT2D eigenvalue weighted by Gasteiger charge is -2.34. The zero-order valence-corrected chi connectivity index (χ0v) is 15.3. The van der Waals surface area contributed by atoms with Crippen molar-refractivity contribution in [3.63, 3.8) is 0 Å². The second kappa shape index (κ2) is 7.38. The molecule has 1 fully saturated rings. The number of hydrogen-bond donors (Lipinski definition) is 1. The van der Waals surface area contributed by atoms with Crippen molar-refractivity contribution in [2.75, 3.05) is 18.8 Å². The minimum Gasteiger partial charge on any atom is -0.341 e. The van der Waals surface area contributed by atoms with Gasteiger partial charge in [-0.2, -0.15) is 0 Å². The molecule has 1 amide bonds. The Bertz CT molecular complexity index is 687. The number of aryl methyl sites for hydroxylation is 1. The van der Waals surface area contributed by atoms with Crippen molar-refractivity contribution in [2.45, 2.75) is 32.3 Å². The number of aromatic nitrogens is 3. The summed E-state index contributed by atoms with van der Waals surface area (Å²) in [4.78, 5) is 18.9. The Hall–Kier alpha value is -1.82. The van der Waals surface area contributed by atoms with Crippen LogP contribution in [-0.4, -0.2) is 44.8 Å². The number of H-pyrrole nitrogens is 1. The van der Waals surface area contributed by atoms with Crippen LogP contribution in [0.2, 0.25) is 0 Å². The Balaban J connectivity index is 1.57. The maximum atomic E-state index is 12.4. The molecule has 2 atom stereocenters. The molecule has 2 heterocycles. The minimum atomic E-state index is 0.181. The molecule has 128 valence electrons. The molecule has 1 aliphatic rings. The van der Waals surface area contributed by atoms with Gasteiger partial charge >= 0.3 is 0 Å². The summed E-state index contributed by atoms with van der Waals surface area (Å²) in [5.74, 6) is 2.48. The van der Waals surface area contributed by atoms with Crippen molar-refractivity contribution in [3.05, 3.63) is 29.8 Å². The van der Waals surface area contributed by atoms with Gasteiger partial charge in [-0.05, 0) is 25.2 Å². The number of aromatic amines is 1. The maximum Gasteiger partial charge on any atom is 0.233 e. The summed E-state index contributed by atoms with van der Waals surface area (Å²) < 4.78 is 0. The number of amides is 1. The van der Waals surface area contributed by atoms with Gasteiger partial charge in [-0.1, -0.05) is 55.4 Å². The van der Waals surface area contributed by atoms with E-state index in [1.54, 1.807) is 0 Å². The summed E-state index contributed by atoms with van der Waals surface area (Å²) in [6.07, 6.45) is 1.21. The van der Waals surface area contributed by atoms with Crippen LogP contribution in [-0.2, 0) is 4.79 Å². The van der Waals surface area contributed by atoms with Crippen molar-refractivity contribution in [1.29, 1.82) is 0 Å². The highest BCUT2D eigenvalue weighted by molar-refractivity contribution is 7.99. The molecule has 2 aromatic rings. The van der Waals surface area contributed by atoms with E-state index in [1.165, 1.54) is 23.7 Å². The molecule has 1 aromatic carbocycles. The third-order valence-corrected chi connectivity index (χ3v) is 5.17. The van der Waals surface area contributed by atoms with Crippen molar-refractivity contribution in [3.8, 4) is 11.4 Å². The quantitative estimate of drug-likeness (QED) is 0.864. The van der Waals surface area contributed by atoms with Crippen molar-refractivity contribution in [1.82, 2.24) is 20.1 Å². The van der Waals surface area contributed by atoms with E-state index < -0.39 is 0 Å². The third kappa shape index (κ3) is 4.17. The molecule has 6 heteroatoms. The first-order valence-corrected chi connectivity index (χ1v) is 9.40. The number of rotatable bonds is 4. The normalized spacial score (nSPS) is 21.0. The molecule has 0 aliphatic carbocycles. The zero-order valence-electron chi connectivity index (χ0n) is 14.5. The smallest absolute Gasteiger partial charge is 0.233 e. The Kier molecular flexibility index (Phi) is 5.23. The van der Waals surface area contributed by atoms with Crippen LogP contribution in [0.25, 0.3) is 11.4 Å². The lowest BCUT2D eigenvalue weighted by Crippen LogP contribution is -2.43. The molecule has 24 heavy (non-hydrogen) atoms. The van der Waals surface area contributed by atoms with Gasteiger partial charge in [-0.3, -0.25) is 9.89 Å². The van der Waals surface area contributed by atoms with Gasteiger partial charge in [-0.15, -0.1) is 5.10 Å². The molecule has 1 aromatic heterocycles. The SMILES string of the molecule is Cc1ccc(-c2nc(SCC(=O)N3CC(C)CC(C)C3)n[nH]2)cc1. The van der Waals surface area contributed by atoms with Crippen molar-refractivity contribution in [2.24, 2.45) is 11.8 Å². The molecule has 0 spiro atoms. The molecule has 0 bridgehead atoms. The highest BCUT2D eigenvalue weighted by Gasteiger charge is 2.25. The topological polar surface area (TPSA) is 61.9 Å². The first-order chi connectivity index (χ1) is 11.5. The molecule has 2 unspecified atom stereocenters. The van der Waals surface area contributed by atoms with E-state index in [2.05, 4.69) is 36.0 Å². The number of likely N-dealkylation sites (tertiary alicyclic amines) is 1. The van der Waals surface area contributed by atoms with E-state index in [4.69, 9.17) is 0 Å². The van der Waals surface area contributed by atoms with Gasteiger partial charge in [-0.25, -0.2) is 4.98 Å². The van der Waals surface area contributed by atoms with Crippen LogP contribution in [0.4, 0.5) is 0 Å². The summed E-state index contributed by atoms with van der Waals surface area (Å²) in [6.45, 7) is 8.22. The lowest BCUT2D eigenvalue weighted by atomic mass is 9.92. The largest absolute Gasteiger partial charge is 0.341 e. The highest BCUT2D eigenvalue weighted by Crippen LogP contribution is 2.23. The van der Waals surface area contributed by atoms with E-state index in [0.717, 1.165) is 24.5 Å². The zero-order chi connectivity index (χ0) is 17.1. The van der Waals surface area contributed by atoms with Crippen LogP contribution in [0.3, 0.4) is 0 Å². The van der Waals surface area contributed by atoms with E-state index in [1.807, 2.05) is 29.2 Å². The molecule has 1 saturated heterocycles. The van der Waals surface area contributed by atoms with Crippen LogP contribution >= 0.6 is 11.8 Å². The van der Waals surface area contributed by atoms with Crippen molar-refractivity contribution < 1.29 is 4.79 Å². The summed E-state index contributed by atoms with van der Waals surface area (Å²) in [5.41, 5.74) is 2.22. The Morgan fingerprint density at radius 1 is 1.25 bits per heavy atom. The third-order valence-electron chi connectivity index (χ3n) is 4.34. The fourth-order valence-corrected chi connectivity index (χ4v) is 3.94. The Morgan fingerprint density at radius 3 is 2.58 bits per heavy atom. The van der Waals surface area contributed by atoms with Crippen molar-refractivity contribution >= 4 is 17.7 Å². The fourth-order valence-electron chi connectivity index (χ4n) is 3.24. The standard InChI is InChI=1S/C18H24N4OS/c1-12-4-6-15(7-5-12)17-19-18(21-20-17)24-11-16(23)22-9-13(2)8-14(3)10-22/h4-7,13-14H,8-11H2,1-3H3,(H,19,20,21). The average molecular weight is 344 g/mol. The fraction of sp³-hybridized carbons (Fsp3) is 0.500. The minimum absolute atomic E-state index is 0.181. The van der Waals surface area contributed by atoms with Crippen LogP contribution in [0, 0.1) is 18.8 Å². The van der Waals surface area contributed by atoms with Gasteiger partial charge in [0.2, 0.25) is 11.1 Å². The molecule has 0 radical (unpaired) electrons. The average Bonchev–Trinajstić information content (AvgIpc) is 3.01. The number of benzene rings is 1. The predicted molar refractivity (Wildman–Crippen MR) is 96.8 cm³/mol. The van der Waals surface area contributed by atoms with E-state index in [-0.39, 0.29) is 5.91 Å². The number of carbonyl (C=O) groups is 1. The predicted octanol–water partition coefficient (Wildman–Crippen LogP) is 3.38. The molecule has 1 aliphatic heterocycles. The van der Waals surface area contributed by atoms with Crippen LogP contribution < -0.4 is 0 Å².